The van der Waals surface area contributed by atoms with Crippen molar-refractivity contribution in [2.75, 3.05) is 13.1 Å². The topological polar surface area (TPSA) is 67.2 Å². The van der Waals surface area contributed by atoms with Crippen LogP contribution in [0.25, 0.3) is 16.9 Å². The number of nitrogens with zero attached hydrogens (tertiary/aromatic N) is 3. The second-order valence-electron chi connectivity index (χ2n) is 7.43. The first kappa shape index (κ1) is 19.8. The number of carbonyl (C=O) groups excluding carboxylic acids is 2. The molecule has 6 nitrogen and oxygen atoms in total. The van der Waals surface area contributed by atoms with Crippen LogP contribution >= 0.6 is 0 Å². The first-order valence-electron chi connectivity index (χ1n) is 9.98. The molecule has 1 N–H and O–H groups in total. The average molecular weight is 406 g/mol. The van der Waals surface area contributed by atoms with Crippen molar-refractivity contribution in [1.82, 2.24) is 20.0 Å². The molecule has 2 amide bonds. The smallest absolute Gasteiger partial charge is 0.255 e. The number of hydrogen-bond acceptors (Lipinski definition) is 3. The quantitative estimate of drug-likeness (QED) is 0.722. The van der Waals surface area contributed by atoms with Gasteiger partial charge in [-0.25, -0.2) is 9.07 Å². The maximum atomic E-state index is 13.4. The zero-order valence-electron chi connectivity index (χ0n) is 16.7. The molecule has 2 aromatic carbocycles. The molecule has 154 valence electrons. The van der Waals surface area contributed by atoms with Crippen molar-refractivity contribution in [3.8, 4) is 16.9 Å². The van der Waals surface area contributed by atoms with Crippen LogP contribution in [0.5, 0.6) is 0 Å². The number of benzene rings is 2. The van der Waals surface area contributed by atoms with Crippen LogP contribution < -0.4 is 5.32 Å². The molecule has 7 heteroatoms. The van der Waals surface area contributed by atoms with Gasteiger partial charge in [-0.2, -0.15) is 5.10 Å². The van der Waals surface area contributed by atoms with E-state index in [0.29, 0.717) is 42.8 Å². The van der Waals surface area contributed by atoms with E-state index >= 15 is 0 Å². The Balaban J connectivity index is 1.61. The number of likely N-dealkylation sites (tertiary alicyclic amines) is 1. The molecule has 0 spiro atoms. The van der Waals surface area contributed by atoms with E-state index in [1.807, 2.05) is 30.3 Å². The van der Waals surface area contributed by atoms with Gasteiger partial charge in [-0.1, -0.05) is 18.2 Å². The lowest BCUT2D eigenvalue weighted by Crippen LogP contribution is -2.46. The number of rotatable bonds is 4. The molecule has 1 fully saturated rings. The van der Waals surface area contributed by atoms with E-state index in [1.54, 1.807) is 34.8 Å². The van der Waals surface area contributed by atoms with Crippen molar-refractivity contribution >= 4 is 11.8 Å². The number of aromatic nitrogens is 2. The van der Waals surface area contributed by atoms with Crippen LogP contribution in [0.1, 0.15) is 30.1 Å². The Morgan fingerprint density at radius 1 is 1.03 bits per heavy atom. The van der Waals surface area contributed by atoms with Crippen LogP contribution in [0.4, 0.5) is 4.39 Å². The fourth-order valence-corrected chi connectivity index (χ4v) is 3.68. The van der Waals surface area contributed by atoms with Gasteiger partial charge in [0.15, 0.2) is 0 Å². The number of para-hydroxylation sites is 1. The molecule has 0 bridgehead atoms. The van der Waals surface area contributed by atoms with Crippen LogP contribution in [0.3, 0.4) is 0 Å². The first-order chi connectivity index (χ1) is 14.5. The van der Waals surface area contributed by atoms with Gasteiger partial charge in [0.2, 0.25) is 5.91 Å². The highest BCUT2D eigenvalue weighted by Gasteiger charge is 2.25. The van der Waals surface area contributed by atoms with E-state index in [9.17, 15) is 14.0 Å². The molecule has 1 aromatic heterocycles. The molecule has 0 saturated carbocycles. The predicted octanol–water partition coefficient (Wildman–Crippen LogP) is 3.42. The zero-order valence-corrected chi connectivity index (χ0v) is 16.7. The summed E-state index contributed by atoms with van der Waals surface area (Å²) < 4.78 is 15.1. The minimum Gasteiger partial charge on any atom is -0.349 e. The lowest BCUT2D eigenvalue weighted by molar-refractivity contribution is -0.129. The zero-order chi connectivity index (χ0) is 21.1. The summed E-state index contributed by atoms with van der Waals surface area (Å²) in [7, 11) is 0. The van der Waals surface area contributed by atoms with Crippen molar-refractivity contribution in [3.63, 3.8) is 0 Å². The largest absolute Gasteiger partial charge is 0.349 e. The third-order valence-electron chi connectivity index (χ3n) is 5.37. The van der Waals surface area contributed by atoms with E-state index < -0.39 is 0 Å². The summed E-state index contributed by atoms with van der Waals surface area (Å²) in [6.07, 6.45) is 3.13. The van der Waals surface area contributed by atoms with Gasteiger partial charge in [0, 0.05) is 37.8 Å². The number of carbonyl (C=O) groups is 2. The average Bonchev–Trinajstić information content (AvgIpc) is 3.21. The van der Waals surface area contributed by atoms with Crippen LogP contribution in [0.15, 0.2) is 60.8 Å². The maximum absolute atomic E-state index is 13.4. The molecule has 3 aromatic rings. The second kappa shape index (κ2) is 8.49. The second-order valence-corrected chi connectivity index (χ2v) is 7.43. The summed E-state index contributed by atoms with van der Waals surface area (Å²) >= 11 is 0. The summed E-state index contributed by atoms with van der Waals surface area (Å²) in [5.41, 5.74) is 2.43. The van der Waals surface area contributed by atoms with Gasteiger partial charge in [0.25, 0.3) is 5.91 Å². The molecule has 2 heterocycles. The molecule has 0 atom stereocenters. The normalized spacial score (nSPS) is 14.5. The lowest BCUT2D eigenvalue weighted by atomic mass is 10.0. The minimum absolute atomic E-state index is 0.00533. The highest BCUT2D eigenvalue weighted by molar-refractivity contribution is 6.00. The van der Waals surface area contributed by atoms with E-state index in [0.717, 1.165) is 5.69 Å². The molecule has 4 rings (SSSR count). The van der Waals surface area contributed by atoms with Gasteiger partial charge in [0.1, 0.15) is 11.5 Å². The van der Waals surface area contributed by atoms with Crippen molar-refractivity contribution in [3.05, 3.63) is 72.2 Å². The minimum atomic E-state index is -0.343. The third kappa shape index (κ3) is 4.25. The van der Waals surface area contributed by atoms with E-state index in [2.05, 4.69) is 10.4 Å². The Kier molecular flexibility index (Phi) is 5.61. The van der Waals surface area contributed by atoms with Crippen molar-refractivity contribution in [2.24, 2.45) is 0 Å². The molecular formula is C23H23FN4O2. The lowest BCUT2D eigenvalue weighted by Gasteiger charge is -2.31. The molecule has 1 saturated heterocycles. The number of amides is 2. The van der Waals surface area contributed by atoms with Crippen molar-refractivity contribution < 1.29 is 14.0 Å². The summed E-state index contributed by atoms with van der Waals surface area (Å²) in [5, 5.41) is 7.69. The predicted molar refractivity (Wildman–Crippen MR) is 112 cm³/mol. The van der Waals surface area contributed by atoms with E-state index in [1.165, 1.54) is 12.1 Å². The van der Waals surface area contributed by atoms with Crippen LogP contribution in [-0.4, -0.2) is 45.6 Å². The van der Waals surface area contributed by atoms with Gasteiger partial charge in [-0.15, -0.1) is 0 Å². The highest BCUT2D eigenvalue weighted by Crippen LogP contribution is 2.25. The molecule has 0 radical (unpaired) electrons. The van der Waals surface area contributed by atoms with E-state index in [4.69, 9.17) is 0 Å². The Labute approximate surface area is 174 Å². The molecule has 1 aliphatic rings. The van der Waals surface area contributed by atoms with Crippen molar-refractivity contribution in [1.29, 1.82) is 0 Å². The number of halogens is 1. The molecule has 0 unspecified atom stereocenters. The maximum Gasteiger partial charge on any atom is 0.255 e. The molecule has 0 aliphatic carbocycles. The Bertz CT molecular complexity index is 1040. The fraction of sp³-hybridized carbons (Fsp3) is 0.261. The molecular weight excluding hydrogens is 383 g/mol. The summed E-state index contributed by atoms with van der Waals surface area (Å²) in [6, 6.07) is 15.5. The Morgan fingerprint density at radius 2 is 1.70 bits per heavy atom. The van der Waals surface area contributed by atoms with Gasteiger partial charge in [0.05, 0.1) is 11.3 Å². The van der Waals surface area contributed by atoms with Gasteiger partial charge in [-0.05, 0) is 49.2 Å². The Hall–Kier alpha value is -3.48. The van der Waals surface area contributed by atoms with Crippen LogP contribution in [-0.2, 0) is 4.79 Å². The molecule has 30 heavy (non-hydrogen) atoms. The summed E-state index contributed by atoms with van der Waals surface area (Å²) in [6.45, 7) is 2.83. The highest BCUT2D eigenvalue weighted by atomic mass is 19.1. The summed E-state index contributed by atoms with van der Waals surface area (Å²) in [4.78, 5) is 26.4. The van der Waals surface area contributed by atoms with Crippen LogP contribution in [0, 0.1) is 5.82 Å². The number of nitrogens with one attached hydrogen (secondary N) is 1. The number of piperidine rings is 1. The Morgan fingerprint density at radius 3 is 2.33 bits per heavy atom. The SMILES string of the molecule is CC(=O)N1CCC(NC(=O)c2cn(-c3ccccc3)nc2-c2ccc(F)cc2)CC1. The molecule has 1 aliphatic heterocycles. The van der Waals surface area contributed by atoms with Crippen molar-refractivity contribution in [2.45, 2.75) is 25.8 Å². The standard InChI is InChI=1S/C23H23FN4O2/c1-16(29)27-13-11-19(12-14-27)25-23(30)21-15-28(20-5-3-2-4-6-20)26-22(21)17-7-9-18(24)10-8-17/h2-10,15,19H,11-14H2,1H3,(H,25,30). The fourth-order valence-electron chi connectivity index (χ4n) is 3.68. The third-order valence-corrected chi connectivity index (χ3v) is 5.37. The van der Waals surface area contributed by atoms with Crippen LogP contribution in [0.2, 0.25) is 0 Å². The van der Waals surface area contributed by atoms with Gasteiger partial charge in [-0.3, -0.25) is 9.59 Å². The van der Waals surface area contributed by atoms with E-state index in [-0.39, 0.29) is 23.7 Å². The van der Waals surface area contributed by atoms with Gasteiger partial charge >= 0.3 is 0 Å². The van der Waals surface area contributed by atoms with Gasteiger partial charge < -0.3 is 10.2 Å². The monoisotopic (exact) mass is 406 g/mol. The first-order valence-corrected chi connectivity index (χ1v) is 9.98. The summed E-state index contributed by atoms with van der Waals surface area (Å²) in [5.74, 6) is -0.509. The number of hydrogen-bond donors (Lipinski definition) is 1.